The van der Waals surface area contributed by atoms with Gasteiger partial charge in [0.15, 0.2) is 5.75 Å². The molecule has 0 saturated heterocycles. The Bertz CT molecular complexity index is 1450. The lowest BCUT2D eigenvalue weighted by Crippen LogP contribution is -2.21. The third-order valence-electron chi connectivity index (χ3n) is 5.87. The van der Waals surface area contributed by atoms with Crippen molar-refractivity contribution in [3.63, 3.8) is 0 Å². The van der Waals surface area contributed by atoms with Crippen LogP contribution in [0.4, 0.5) is 5.69 Å². The summed E-state index contributed by atoms with van der Waals surface area (Å²) in [5, 5.41) is 19.5. The van der Waals surface area contributed by atoms with E-state index >= 15 is 0 Å². The normalized spacial score (nSPS) is 14.2. The minimum atomic E-state index is -0.127. The molecule has 0 fully saturated rings. The molecule has 1 aliphatic heterocycles. The van der Waals surface area contributed by atoms with Crippen LogP contribution in [0, 0.1) is 29.2 Å². The zero-order valence-electron chi connectivity index (χ0n) is 20.0. The quantitative estimate of drug-likeness (QED) is 0.205. The van der Waals surface area contributed by atoms with Gasteiger partial charge in [-0.25, -0.2) is 10.1 Å². The van der Waals surface area contributed by atoms with Crippen molar-refractivity contribution in [2.75, 3.05) is 11.4 Å². The minimum Gasteiger partial charge on any atom is -0.439 e. The van der Waals surface area contributed by atoms with Gasteiger partial charge in [0.1, 0.15) is 0 Å². The van der Waals surface area contributed by atoms with E-state index in [-0.39, 0.29) is 11.3 Å². The predicted octanol–water partition coefficient (Wildman–Crippen LogP) is 7.50. The Morgan fingerprint density at radius 2 is 1.69 bits per heavy atom. The van der Waals surface area contributed by atoms with Gasteiger partial charge in [0.05, 0.1) is 30.0 Å². The van der Waals surface area contributed by atoms with Gasteiger partial charge in [-0.05, 0) is 41.3 Å². The SMILES string of the molecule is [C-]#[N+]/C(C#N)=C(\C(C#N)=CC=C1Oc2ccc(-c3ccccc3)cc2N1CCCC)c1ccccc1. The first-order chi connectivity index (χ1) is 17.7. The van der Waals surface area contributed by atoms with E-state index in [0.29, 0.717) is 17.0 Å². The van der Waals surface area contributed by atoms with Crippen LogP contribution in [-0.4, -0.2) is 6.54 Å². The summed E-state index contributed by atoms with van der Waals surface area (Å²) >= 11 is 0. The standard InChI is InChI=1S/C31H24N4O/c1-3-4-19-35-28-20-25(23-11-7-5-8-12-23)15-17-29(28)36-30(35)18-16-26(21-32)31(27(22-33)34-2)24-13-9-6-10-14-24/h5-18,20H,3-4,19H2,1H3/b26-16?,30-18?,31-27-. The predicted molar refractivity (Wildman–Crippen MR) is 142 cm³/mol. The van der Waals surface area contributed by atoms with Crippen LogP contribution < -0.4 is 9.64 Å². The van der Waals surface area contributed by atoms with E-state index < -0.39 is 0 Å². The summed E-state index contributed by atoms with van der Waals surface area (Å²) in [5.74, 6) is 1.35. The molecule has 4 rings (SSSR count). The van der Waals surface area contributed by atoms with Crippen molar-refractivity contribution in [1.82, 2.24) is 0 Å². The number of benzene rings is 3. The highest BCUT2D eigenvalue weighted by molar-refractivity contribution is 5.88. The van der Waals surface area contributed by atoms with Gasteiger partial charge < -0.3 is 9.64 Å². The summed E-state index contributed by atoms with van der Waals surface area (Å²) in [6.07, 6.45) is 5.37. The Morgan fingerprint density at radius 1 is 0.972 bits per heavy atom. The second-order valence-corrected chi connectivity index (χ2v) is 8.17. The van der Waals surface area contributed by atoms with Crippen molar-refractivity contribution in [3.8, 4) is 29.0 Å². The Balaban J connectivity index is 1.76. The Morgan fingerprint density at radius 3 is 2.33 bits per heavy atom. The monoisotopic (exact) mass is 468 g/mol. The molecular formula is C31H24N4O. The van der Waals surface area contributed by atoms with Crippen LogP contribution in [0.15, 0.2) is 108 Å². The number of hydrogen-bond acceptors (Lipinski definition) is 4. The molecule has 0 spiro atoms. The van der Waals surface area contributed by atoms with E-state index in [9.17, 15) is 10.5 Å². The molecule has 1 heterocycles. The van der Waals surface area contributed by atoms with Gasteiger partial charge in [-0.2, -0.15) is 5.26 Å². The highest BCUT2D eigenvalue weighted by atomic mass is 16.5. The smallest absolute Gasteiger partial charge is 0.270 e. The number of rotatable bonds is 7. The molecule has 0 amide bonds. The van der Waals surface area contributed by atoms with E-state index in [0.717, 1.165) is 42.0 Å². The summed E-state index contributed by atoms with van der Waals surface area (Å²) in [4.78, 5) is 5.49. The minimum absolute atomic E-state index is 0.127. The maximum absolute atomic E-state index is 9.97. The number of fused-ring (bicyclic) bond motifs is 1. The summed E-state index contributed by atoms with van der Waals surface area (Å²) in [7, 11) is 0. The molecule has 0 aromatic heterocycles. The van der Waals surface area contributed by atoms with Gasteiger partial charge >= 0.3 is 0 Å². The lowest BCUT2D eigenvalue weighted by atomic mass is 9.96. The molecule has 0 saturated carbocycles. The number of ether oxygens (including phenoxy) is 1. The fraction of sp³-hybridized carbons (Fsp3) is 0.129. The molecule has 5 nitrogen and oxygen atoms in total. The van der Waals surface area contributed by atoms with Crippen LogP contribution in [0.2, 0.25) is 0 Å². The number of allylic oxidation sites excluding steroid dienone is 5. The van der Waals surface area contributed by atoms with Crippen molar-refractivity contribution < 1.29 is 4.74 Å². The topological polar surface area (TPSA) is 64.4 Å². The lowest BCUT2D eigenvalue weighted by molar-refractivity contribution is 0.437. The largest absolute Gasteiger partial charge is 0.439 e. The zero-order chi connectivity index (χ0) is 25.3. The number of nitrogens with zero attached hydrogens (tertiary/aromatic N) is 4. The first kappa shape index (κ1) is 24.1. The van der Waals surface area contributed by atoms with Crippen molar-refractivity contribution in [3.05, 3.63) is 125 Å². The molecule has 174 valence electrons. The number of hydrogen-bond donors (Lipinski definition) is 0. The van der Waals surface area contributed by atoms with Crippen LogP contribution in [0.1, 0.15) is 25.3 Å². The van der Waals surface area contributed by atoms with Gasteiger partial charge in [-0.3, -0.25) is 0 Å². The highest BCUT2D eigenvalue weighted by Gasteiger charge is 2.26. The molecule has 0 atom stereocenters. The van der Waals surface area contributed by atoms with Crippen molar-refractivity contribution in [1.29, 1.82) is 10.5 Å². The summed E-state index contributed by atoms with van der Waals surface area (Å²) in [5.41, 5.74) is 4.25. The van der Waals surface area contributed by atoms with Gasteiger partial charge in [-0.1, -0.05) is 80.1 Å². The summed E-state index contributed by atoms with van der Waals surface area (Å²) in [6.45, 7) is 10.4. The number of unbranched alkanes of at least 4 members (excludes halogenated alkanes) is 1. The van der Waals surface area contributed by atoms with Crippen LogP contribution >= 0.6 is 0 Å². The third kappa shape index (κ3) is 5.05. The molecule has 0 aliphatic carbocycles. The maximum atomic E-state index is 9.97. The Hall–Kier alpha value is -5.05. The van der Waals surface area contributed by atoms with Crippen LogP contribution in [-0.2, 0) is 0 Å². The van der Waals surface area contributed by atoms with Gasteiger partial charge in [-0.15, -0.1) is 0 Å². The van der Waals surface area contributed by atoms with Crippen LogP contribution in [0.3, 0.4) is 0 Å². The number of anilines is 1. The van der Waals surface area contributed by atoms with E-state index in [1.807, 2.05) is 54.6 Å². The molecule has 0 unspecified atom stereocenters. The zero-order valence-corrected chi connectivity index (χ0v) is 20.0. The highest BCUT2D eigenvalue weighted by Crippen LogP contribution is 2.42. The van der Waals surface area contributed by atoms with E-state index in [4.69, 9.17) is 11.3 Å². The van der Waals surface area contributed by atoms with Gasteiger partial charge in [0.2, 0.25) is 5.88 Å². The van der Waals surface area contributed by atoms with Gasteiger partial charge in [0.25, 0.3) is 5.70 Å². The third-order valence-corrected chi connectivity index (χ3v) is 5.87. The molecule has 5 heteroatoms. The number of nitriles is 2. The average Bonchev–Trinajstić information content (AvgIpc) is 3.29. The van der Waals surface area contributed by atoms with Crippen molar-refractivity contribution in [2.24, 2.45) is 0 Å². The molecule has 0 N–H and O–H groups in total. The molecule has 36 heavy (non-hydrogen) atoms. The molecule has 0 radical (unpaired) electrons. The summed E-state index contributed by atoms with van der Waals surface area (Å²) < 4.78 is 6.19. The van der Waals surface area contributed by atoms with E-state index in [1.165, 1.54) is 0 Å². The summed E-state index contributed by atoms with van der Waals surface area (Å²) in [6, 6.07) is 29.5. The first-order valence-electron chi connectivity index (χ1n) is 11.7. The van der Waals surface area contributed by atoms with Crippen molar-refractivity contribution in [2.45, 2.75) is 19.8 Å². The molecule has 1 aliphatic rings. The Labute approximate surface area is 211 Å². The van der Waals surface area contributed by atoms with E-state index in [2.05, 4.69) is 40.9 Å². The fourth-order valence-electron chi connectivity index (χ4n) is 4.07. The second-order valence-electron chi connectivity index (χ2n) is 8.17. The molecule has 3 aromatic rings. The Kier molecular flexibility index (Phi) is 7.62. The van der Waals surface area contributed by atoms with Crippen LogP contribution in [0.5, 0.6) is 5.75 Å². The van der Waals surface area contributed by atoms with E-state index in [1.54, 1.807) is 24.3 Å². The van der Waals surface area contributed by atoms with Crippen molar-refractivity contribution >= 4 is 11.3 Å². The van der Waals surface area contributed by atoms with Crippen LogP contribution in [0.25, 0.3) is 21.5 Å². The molecular weight excluding hydrogens is 444 g/mol. The maximum Gasteiger partial charge on any atom is 0.270 e. The fourth-order valence-corrected chi connectivity index (χ4v) is 4.07. The second kappa shape index (κ2) is 11.4. The first-order valence-corrected chi connectivity index (χ1v) is 11.7. The molecule has 0 bridgehead atoms. The molecule has 3 aromatic carbocycles. The van der Waals surface area contributed by atoms with Gasteiger partial charge in [0, 0.05) is 18.2 Å². The average molecular weight is 469 g/mol. The lowest BCUT2D eigenvalue weighted by Gasteiger charge is -2.18.